The molecule has 1 saturated heterocycles. The van der Waals surface area contributed by atoms with E-state index in [0.717, 1.165) is 18.4 Å². The van der Waals surface area contributed by atoms with Crippen molar-refractivity contribution in [3.05, 3.63) is 29.8 Å². The van der Waals surface area contributed by atoms with Crippen molar-refractivity contribution in [2.75, 3.05) is 19.4 Å². The first-order chi connectivity index (χ1) is 10.4. The fourth-order valence-electron chi connectivity index (χ4n) is 2.78. The first-order valence-corrected chi connectivity index (χ1v) is 8.90. The van der Waals surface area contributed by atoms with Gasteiger partial charge < -0.3 is 9.84 Å². The summed E-state index contributed by atoms with van der Waals surface area (Å²) >= 11 is 0. The molecule has 1 N–H and O–H groups in total. The van der Waals surface area contributed by atoms with Crippen LogP contribution in [0.2, 0.25) is 0 Å². The average molecular weight is 327 g/mol. The van der Waals surface area contributed by atoms with E-state index in [0.29, 0.717) is 12.3 Å². The van der Waals surface area contributed by atoms with Crippen LogP contribution in [0.4, 0.5) is 0 Å². The highest BCUT2D eigenvalue weighted by atomic mass is 32.2. The van der Waals surface area contributed by atoms with Crippen molar-refractivity contribution >= 4 is 16.0 Å². The van der Waals surface area contributed by atoms with Crippen molar-refractivity contribution in [2.24, 2.45) is 0 Å². The highest BCUT2D eigenvalue weighted by molar-refractivity contribution is 7.89. The van der Waals surface area contributed by atoms with Gasteiger partial charge in [0.05, 0.1) is 12.9 Å². The average Bonchev–Trinajstić information content (AvgIpc) is 2.97. The lowest BCUT2D eigenvalue weighted by Crippen LogP contribution is -2.32. The lowest BCUT2D eigenvalue weighted by Gasteiger charge is -2.24. The van der Waals surface area contributed by atoms with Crippen LogP contribution in [-0.2, 0) is 14.8 Å². The molecule has 1 fully saturated rings. The van der Waals surface area contributed by atoms with Gasteiger partial charge in [-0.1, -0.05) is 12.1 Å². The van der Waals surface area contributed by atoms with Crippen LogP contribution in [0.15, 0.2) is 24.3 Å². The summed E-state index contributed by atoms with van der Waals surface area (Å²) < 4.78 is 31.6. The van der Waals surface area contributed by atoms with E-state index < -0.39 is 16.0 Å². The largest absolute Gasteiger partial charge is 0.497 e. The summed E-state index contributed by atoms with van der Waals surface area (Å²) in [5, 5.41) is 8.64. The van der Waals surface area contributed by atoms with Gasteiger partial charge in [-0.3, -0.25) is 4.79 Å². The van der Waals surface area contributed by atoms with Crippen LogP contribution in [0.5, 0.6) is 5.75 Å². The minimum Gasteiger partial charge on any atom is -0.497 e. The monoisotopic (exact) mass is 327 g/mol. The predicted octanol–water partition coefficient (Wildman–Crippen LogP) is 2.03. The molecular weight excluding hydrogens is 306 g/mol. The third-order valence-electron chi connectivity index (χ3n) is 3.83. The number of methoxy groups -OCH3 is 1. The number of carboxylic acids is 1. The molecule has 0 amide bonds. The molecule has 1 aliphatic rings. The van der Waals surface area contributed by atoms with Crippen molar-refractivity contribution in [1.82, 2.24) is 4.31 Å². The van der Waals surface area contributed by atoms with Gasteiger partial charge in [0.25, 0.3) is 0 Å². The Labute approximate surface area is 130 Å². The quantitative estimate of drug-likeness (QED) is 0.828. The van der Waals surface area contributed by atoms with Crippen molar-refractivity contribution < 1.29 is 23.1 Å². The molecule has 1 aliphatic heterocycles. The molecule has 0 aromatic heterocycles. The molecule has 0 spiro atoms. The molecule has 6 nitrogen and oxygen atoms in total. The Kier molecular flexibility index (Phi) is 5.42. The fourth-order valence-corrected chi connectivity index (χ4v) is 4.54. The second kappa shape index (κ2) is 7.11. The number of hydrogen-bond donors (Lipinski definition) is 1. The normalized spacial score (nSPS) is 19.2. The summed E-state index contributed by atoms with van der Waals surface area (Å²) in [5.41, 5.74) is 0.915. The van der Waals surface area contributed by atoms with Gasteiger partial charge in [0.15, 0.2) is 0 Å². The number of ether oxygens (including phenoxy) is 1. The topological polar surface area (TPSA) is 83.9 Å². The van der Waals surface area contributed by atoms with E-state index in [2.05, 4.69) is 0 Å². The first kappa shape index (κ1) is 16.8. The summed E-state index contributed by atoms with van der Waals surface area (Å²) in [6.07, 6.45) is 1.58. The molecule has 0 saturated carbocycles. The Bertz CT molecular complexity index is 629. The van der Waals surface area contributed by atoms with Crippen LogP contribution in [0, 0.1) is 0 Å². The number of hydrogen-bond acceptors (Lipinski definition) is 4. The van der Waals surface area contributed by atoms with Gasteiger partial charge in [-0.15, -0.1) is 0 Å². The van der Waals surface area contributed by atoms with Crippen LogP contribution >= 0.6 is 0 Å². The van der Waals surface area contributed by atoms with Crippen molar-refractivity contribution in [2.45, 2.75) is 31.7 Å². The number of rotatable bonds is 7. The van der Waals surface area contributed by atoms with E-state index in [-0.39, 0.29) is 24.6 Å². The molecule has 0 bridgehead atoms. The smallest absolute Gasteiger partial charge is 0.303 e. The van der Waals surface area contributed by atoms with Crippen molar-refractivity contribution in [3.8, 4) is 5.75 Å². The standard InChI is InChI=1S/C15H21NO5S/c1-21-13-6-2-5-12(11-13)14-7-3-9-16(14)22(19,20)10-4-8-15(17)18/h2,5-6,11,14H,3-4,7-10H2,1H3,(H,17,18). The third kappa shape index (κ3) is 3.98. The lowest BCUT2D eigenvalue weighted by molar-refractivity contribution is -0.137. The van der Waals surface area contributed by atoms with E-state index >= 15 is 0 Å². The maximum absolute atomic E-state index is 12.5. The molecule has 1 atom stereocenters. The Balaban J connectivity index is 2.13. The molecule has 0 aliphatic carbocycles. The van der Waals surface area contributed by atoms with E-state index in [1.54, 1.807) is 7.11 Å². The summed E-state index contributed by atoms with van der Waals surface area (Å²) in [7, 11) is -1.87. The molecule has 1 unspecified atom stereocenters. The van der Waals surface area contributed by atoms with Gasteiger partial charge in [0, 0.05) is 19.0 Å². The van der Waals surface area contributed by atoms with Crippen LogP contribution < -0.4 is 4.74 Å². The molecule has 1 heterocycles. The second-order valence-corrected chi connectivity index (χ2v) is 7.40. The van der Waals surface area contributed by atoms with Gasteiger partial charge >= 0.3 is 5.97 Å². The van der Waals surface area contributed by atoms with Gasteiger partial charge in [-0.25, -0.2) is 8.42 Å². The van der Waals surface area contributed by atoms with Gasteiger partial charge in [-0.05, 0) is 37.0 Å². The molecule has 122 valence electrons. The summed E-state index contributed by atoms with van der Waals surface area (Å²) in [4.78, 5) is 10.5. The molecular formula is C15H21NO5S. The molecule has 1 aromatic rings. The molecule has 7 heteroatoms. The van der Waals surface area contributed by atoms with Crippen LogP contribution in [0.25, 0.3) is 0 Å². The van der Waals surface area contributed by atoms with Gasteiger partial charge in [0.2, 0.25) is 10.0 Å². The third-order valence-corrected chi connectivity index (χ3v) is 5.79. The molecule has 0 radical (unpaired) electrons. The molecule has 2 rings (SSSR count). The minimum atomic E-state index is -3.44. The number of carboxylic acid groups (broad SMARTS) is 1. The first-order valence-electron chi connectivity index (χ1n) is 7.29. The van der Waals surface area contributed by atoms with Crippen molar-refractivity contribution in [3.63, 3.8) is 0 Å². The van der Waals surface area contributed by atoms with Gasteiger partial charge in [-0.2, -0.15) is 4.31 Å². The highest BCUT2D eigenvalue weighted by Gasteiger charge is 2.34. The maximum Gasteiger partial charge on any atom is 0.303 e. The highest BCUT2D eigenvalue weighted by Crippen LogP contribution is 2.35. The van der Waals surface area contributed by atoms with Gasteiger partial charge in [0.1, 0.15) is 5.75 Å². The number of nitrogens with zero attached hydrogens (tertiary/aromatic N) is 1. The molecule has 1 aromatic carbocycles. The van der Waals surface area contributed by atoms with E-state index in [9.17, 15) is 13.2 Å². The Morgan fingerprint density at radius 2 is 2.23 bits per heavy atom. The Morgan fingerprint density at radius 1 is 1.45 bits per heavy atom. The van der Waals surface area contributed by atoms with E-state index in [4.69, 9.17) is 9.84 Å². The van der Waals surface area contributed by atoms with E-state index in [1.807, 2.05) is 24.3 Å². The van der Waals surface area contributed by atoms with Crippen LogP contribution in [0.3, 0.4) is 0 Å². The second-order valence-electron chi connectivity index (χ2n) is 5.36. The zero-order valence-corrected chi connectivity index (χ0v) is 13.4. The van der Waals surface area contributed by atoms with Crippen LogP contribution in [0.1, 0.15) is 37.3 Å². The maximum atomic E-state index is 12.5. The zero-order chi connectivity index (χ0) is 16.2. The zero-order valence-electron chi connectivity index (χ0n) is 12.6. The number of benzene rings is 1. The lowest BCUT2D eigenvalue weighted by atomic mass is 10.1. The van der Waals surface area contributed by atoms with Crippen LogP contribution in [-0.4, -0.2) is 43.2 Å². The number of sulfonamides is 1. The number of carbonyl (C=O) groups is 1. The van der Waals surface area contributed by atoms with Crippen molar-refractivity contribution in [1.29, 1.82) is 0 Å². The Hall–Kier alpha value is -1.60. The molecule has 22 heavy (non-hydrogen) atoms. The summed E-state index contributed by atoms with van der Waals surface area (Å²) in [6.45, 7) is 0.483. The Morgan fingerprint density at radius 3 is 2.91 bits per heavy atom. The summed E-state index contributed by atoms with van der Waals surface area (Å²) in [6, 6.07) is 7.24. The predicted molar refractivity (Wildman–Crippen MR) is 82.3 cm³/mol. The number of aliphatic carboxylic acids is 1. The SMILES string of the molecule is COc1cccc(C2CCCN2S(=O)(=O)CCCC(=O)O)c1. The van der Waals surface area contributed by atoms with E-state index in [1.165, 1.54) is 4.31 Å². The summed E-state index contributed by atoms with van der Waals surface area (Å²) in [5.74, 6) is -0.395. The minimum absolute atomic E-state index is 0.125. The fraction of sp³-hybridized carbons (Fsp3) is 0.533.